The molecule has 0 amide bonds. The van der Waals surface area contributed by atoms with Gasteiger partial charge in [0.15, 0.2) is 5.75 Å². The monoisotopic (exact) mass is 261 g/mol. The number of nitrogens with zero attached hydrogens (tertiary/aromatic N) is 2. The molecule has 0 saturated carbocycles. The van der Waals surface area contributed by atoms with Crippen LogP contribution in [-0.4, -0.2) is 17.0 Å². The van der Waals surface area contributed by atoms with Crippen molar-refractivity contribution in [2.45, 2.75) is 0 Å². The minimum atomic E-state index is -0.543. The predicted molar refractivity (Wildman–Crippen MR) is 68.4 cm³/mol. The number of rotatable bonds is 4. The first-order valence-corrected chi connectivity index (χ1v) is 5.33. The lowest BCUT2D eigenvalue weighted by atomic mass is 10.3. The van der Waals surface area contributed by atoms with Crippen molar-refractivity contribution in [3.63, 3.8) is 0 Å². The topological polar surface area (TPSA) is 101 Å². The minimum Gasteiger partial charge on any atom is -0.490 e. The summed E-state index contributed by atoms with van der Waals surface area (Å²) < 4.78 is 10.3. The molecule has 0 aliphatic rings. The normalized spacial score (nSPS) is 9.95. The molecule has 0 radical (unpaired) electrons. The number of anilines is 1. The number of benzene rings is 1. The Hall–Kier alpha value is -2.83. The zero-order valence-electron chi connectivity index (χ0n) is 10.1. The Labute approximate surface area is 108 Å². The second-order valence-corrected chi connectivity index (χ2v) is 3.59. The zero-order valence-corrected chi connectivity index (χ0v) is 10.1. The second kappa shape index (κ2) is 5.21. The molecule has 2 rings (SSSR count). The van der Waals surface area contributed by atoms with Crippen LogP contribution in [0.3, 0.4) is 0 Å². The van der Waals surface area contributed by atoms with Crippen LogP contribution in [0.25, 0.3) is 0 Å². The van der Waals surface area contributed by atoms with Gasteiger partial charge in [-0.25, -0.2) is 0 Å². The minimum absolute atomic E-state index is 0.165. The summed E-state index contributed by atoms with van der Waals surface area (Å²) in [6.07, 6.45) is 0. The van der Waals surface area contributed by atoms with Crippen molar-refractivity contribution in [2.75, 3.05) is 12.8 Å². The standard InChI is InChI=1S/C12H11N3O4/c1-18-10-6-5-8(7-9(10)15(16)17)19-12-4-2-3-11(13)14-12/h2-7H,1H3,(H2,13,14). The van der Waals surface area contributed by atoms with E-state index >= 15 is 0 Å². The summed E-state index contributed by atoms with van der Waals surface area (Å²) in [5.41, 5.74) is 5.34. The summed E-state index contributed by atoms with van der Waals surface area (Å²) in [4.78, 5) is 14.3. The summed E-state index contributed by atoms with van der Waals surface area (Å²) in [5.74, 6) is 1.02. The first-order chi connectivity index (χ1) is 9.10. The molecule has 0 fully saturated rings. The first kappa shape index (κ1) is 12.6. The molecule has 2 N–H and O–H groups in total. The van der Waals surface area contributed by atoms with Crippen LogP contribution in [0, 0.1) is 10.1 Å². The number of hydrogen-bond acceptors (Lipinski definition) is 6. The SMILES string of the molecule is COc1ccc(Oc2cccc(N)n2)cc1[N+](=O)[O-]. The molecule has 2 aromatic rings. The van der Waals surface area contributed by atoms with Crippen LogP contribution in [0.1, 0.15) is 0 Å². The van der Waals surface area contributed by atoms with Crippen molar-refractivity contribution in [3.05, 3.63) is 46.5 Å². The molecule has 98 valence electrons. The van der Waals surface area contributed by atoms with Crippen molar-refractivity contribution in [1.29, 1.82) is 0 Å². The molecule has 0 aliphatic carbocycles. The van der Waals surface area contributed by atoms with Crippen LogP contribution in [0.15, 0.2) is 36.4 Å². The molecule has 1 aromatic carbocycles. The Kier molecular flexibility index (Phi) is 3.46. The number of hydrogen-bond donors (Lipinski definition) is 1. The third-order valence-electron chi connectivity index (χ3n) is 2.31. The number of nitro groups is 1. The van der Waals surface area contributed by atoms with Gasteiger partial charge in [-0.3, -0.25) is 10.1 Å². The molecule has 0 spiro atoms. The Morgan fingerprint density at radius 2 is 2.11 bits per heavy atom. The van der Waals surface area contributed by atoms with E-state index in [0.717, 1.165) is 0 Å². The zero-order chi connectivity index (χ0) is 13.8. The van der Waals surface area contributed by atoms with Crippen molar-refractivity contribution < 1.29 is 14.4 Å². The third-order valence-corrected chi connectivity index (χ3v) is 2.31. The van der Waals surface area contributed by atoms with Gasteiger partial charge in [0.1, 0.15) is 11.6 Å². The van der Waals surface area contributed by atoms with Crippen LogP contribution in [0.5, 0.6) is 17.4 Å². The number of methoxy groups -OCH3 is 1. The molecule has 0 saturated heterocycles. The van der Waals surface area contributed by atoms with Gasteiger partial charge in [-0.2, -0.15) is 4.98 Å². The Bertz CT molecular complexity index is 616. The van der Waals surface area contributed by atoms with E-state index < -0.39 is 4.92 Å². The largest absolute Gasteiger partial charge is 0.490 e. The highest BCUT2D eigenvalue weighted by Gasteiger charge is 2.16. The molecule has 19 heavy (non-hydrogen) atoms. The average Bonchev–Trinajstić information content (AvgIpc) is 2.38. The first-order valence-electron chi connectivity index (χ1n) is 5.33. The van der Waals surface area contributed by atoms with Gasteiger partial charge < -0.3 is 15.2 Å². The fourth-order valence-corrected chi connectivity index (χ4v) is 1.48. The van der Waals surface area contributed by atoms with E-state index in [0.29, 0.717) is 5.82 Å². The maximum absolute atomic E-state index is 10.9. The highest BCUT2D eigenvalue weighted by Crippen LogP contribution is 2.32. The lowest BCUT2D eigenvalue weighted by Gasteiger charge is -2.06. The van der Waals surface area contributed by atoms with Crippen molar-refractivity contribution >= 4 is 11.5 Å². The van der Waals surface area contributed by atoms with E-state index in [-0.39, 0.29) is 23.1 Å². The Morgan fingerprint density at radius 3 is 2.74 bits per heavy atom. The highest BCUT2D eigenvalue weighted by atomic mass is 16.6. The van der Waals surface area contributed by atoms with Crippen molar-refractivity contribution in [1.82, 2.24) is 4.98 Å². The van der Waals surface area contributed by atoms with Crippen LogP contribution in [0.2, 0.25) is 0 Å². The quantitative estimate of drug-likeness (QED) is 0.669. The molecule has 0 atom stereocenters. The molecule has 1 heterocycles. The van der Waals surface area contributed by atoms with Gasteiger partial charge in [0.05, 0.1) is 18.1 Å². The molecule has 7 nitrogen and oxygen atoms in total. The van der Waals surface area contributed by atoms with E-state index in [9.17, 15) is 10.1 Å². The number of aromatic nitrogens is 1. The highest BCUT2D eigenvalue weighted by molar-refractivity contribution is 5.51. The fraction of sp³-hybridized carbons (Fsp3) is 0.0833. The summed E-state index contributed by atoms with van der Waals surface area (Å²) in [5, 5.41) is 10.9. The van der Waals surface area contributed by atoms with E-state index in [1.54, 1.807) is 24.3 Å². The van der Waals surface area contributed by atoms with E-state index in [4.69, 9.17) is 15.2 Å². The van der Waals surface area contributed by atoms with Gasteiger partial charge >= 0.3 is 5.69 Å². The van der Waals surface area contributed by atoms with Crippen LogP contribution >= 0.6 is 0 Å². The van der Waals surface area contributed by atoms with Gasteiger partial charge in [-0.05, 0) is 18.2 Å². The molecule has 1 aromatic heterocycles. The maximum atomic E-state index is 10.9. The number of nitrogen functional groups attached to an aromatic ring is 1. The van der Waals surface area contributed by atoms with Crippen molar-refractivity contribution in [3.8, 4) is 17.4 Å². The van der Waals surface area contributed by atoms with Gasteiger partial charge in [0.25, 0.3) is 0 Å². The fourth-order valence-electron chi connectivity index (χ4n) is 1.48. The van der Waals surface area contributed by atoms with Gasteiger partial charge in [-0.15, -0.1) is 0 Å². The van der Waals surface area contributed by atoms with Crippen molar-refractivity contribution in [2.24, 2.45) is 0 Å². The third kappa shape index (κ3) is 2.89. The van der Waals surface area contributed by atoms with Gasteiger partial charge in [0, 0.05) is 6.07 Å². The second-order valence-electron chi connectivity index (χ2n) is 3.59. The Balaban J connectivity index is 2.31. The average molecular weight is 261 g/mol. The summed E-state index contributed by atoms with van der Waals surface area (Å²) in [6, 6.07) is 9.17. The number of pyridine rings is 1. The summed E-state index contributed by atoms with van der Waals surface area (Å²) >= 11 is 0. The van der Waals surface area contributed by atoms with Gasteiger partial charge in [-0.1, -0.05) is 6.07 Å². The summed E-state index contributed by atoms with van der Waals surface area (Å²) in [6.45, 7) is 0. The molecule has 0 unspecified atom stereocenters. The van der Waals surface area contributed by atoms with E-state index in [2.05, 4.69) is 4.98 Å². The Morgan fingerprint density at radius 1 is 1.32 bits per heavy atom. The lowest BCUT2D eigenvalue weighted by Crippen LogP contribution is -1.96. The molecular weight excluding hydrogens is 250 g/mol. The molecule has 0 aliphatic heterocycles. The summed E-state index contributed by atoms with van der Waals surface area (Å²) in [7, 11) is 1.36. The van der Waals surface area contributed by atoms with Crippen LogP contribution < -0.4 is 15.2 Å². The van der Waals surface area contributed by atoms with Crippen LogP contribution in [-0.2, 0) is 0 Å². The molecule has 7 heteroatoms. The molecule has 0 bridgehead atoms. The number of nitro benzene ring substituents is 1. The number of ether oxygens (including phenoxy) is 2. The van der Waals surface area contributed by atoms with E-state index in [1.807, 2.05) is 0 Å². The predicted octanol–water partition coefficient (Wildman–Crippen LogP) is 2.37. The van der Waals surface area contributed by atoms with Gasteiger partial charge in [0.2, 0.25) is 5.88 Å². The number of nitrogens with two attached hydrogens (primary N) is 1. The smallest absolute Gasteiger partial charge is 0.314 e. The van der Waals surface area contributed by atoms with E-state index in [1.165, 1.54) is 19.2 Å². The lowest BCUT2D eigenvalue weighted by molar-refractivity contribution is -0.385. The molecular formula is C12H11N3O4. The van der Waals surface area contributed by atoms with Crippen LogP contribution in [0.4, 0.5) is 11.5 Å². The maximum Gasteiger partial charge on any atom is 0.314 e.